The number of fused-ring (bicyclic) bond motifs is 3. The molecule has 3 rings (SSSR count). The Balaban J connectivity index is 1.97. The lowest BCUT2D eigenvalue weighted by Crippen LogP contribution is -2.36. The Hall–Kier alpha value is -0.940. The molecule has 1 aromatic heterocycles. The van der Waals surface area contributed by atoms with Crippen molar-refractivity contribution >= 4 is 44.5 Å². The van der Waals surface area contributed by atoms with Gasteiger partial charge in [0.25, 0.3) is 0 Å². The summed E-state index contributed by atoms with van der Waals surface area (Å²) in [5.41, 5.74) is 3.71. The van der Waals surface area contributed by atoms with Crippen LogP contribution in [0.5, 0.6) is 0 Å². The van der Waals surface area contributed by atoms with Crippen molar-refractivity contribution in [2.75, 3.05) is 18.6 Å². The van der Waals surface area contributed by atoms with Gasteiger partial charge in [-0.25, -0.2) is 0 Å². The number of nitrogens with zero attached hydrogens (tertiary/aromatic N) is 1. The van der Waals surface area contributed by atoms with E-state index in [1.807, 2.05) is 17.2 Å². The summed E-state index contributed by atoms with van der Waals surface area (Å²) in [4.78, 5) is 17.5. The summed E-state index contributed by atoms with van der Waals surface area (Å²) in [6.07, 6.45) is 2.89. The van der Waals surface area contributed by atoms with Crippen LogP contribution in [-0.2, 0) is 17.8 Å². The summed E-state index contributed by atoms with van der Waals surface area (Å²) in [6, 6.07) is 6.26. The molecule has 0 radical (unpaired) electrons. The number of halogens is 1. The zero-order chi connectivity index (χ0) is 13.4. The van der Waals surface area contributed by atoms with Gasteiger partial charge in [0.05, 0.1) is 5.75 Å². The Morgan fingerprint density at radius 1 is 1.53 bits per heavy atom. The second-order valence-electron chi connectivity index (χ2n) is 4.77. The molecule has 1 aliphatic rings. The molecule has 1 aromatic carbocycles. The summed E-state index contributed by atoms with van der Waals surface area (Å²) in [7, 11) is 0. The molecule has 19 heavy (non-hydrogen) atoms. The maximum Gasteiger partial charge on any atom is 0.232 e. The van der Waals surface area contributed by atoms with Crippen LogP contribution in [0.1, 0.15) is 11.3 Å². The van der Waals surface area contributed by atoms with Crippen LogP contribution < -0.4 is 0 Å². The Labute approximate surface area is 124 Å². The van der Waals surface area contributed by atoms with Crippen LogP contribution in [0.4, 0.5) is 0 Å². The highest BCUT2D eigenvalue weighted by Gasteiger charge is 2.23. The van der Waals surface area contributed by atoms with Crippen molar-refractivity contribution in [3.63, 3.8) is 0 Å². The standard InChI is InChI=1S/C14H15BrN2OS/c1-19-8-14(18)17-5-4-13-11(7-17)10-6-9(15)2-3-12(10)16-13/h2-3,6,16H,4-5,7-8H2,1H3. The fourth-order valence-electron chi connectivity index (χ4n) is 2.61. The first-order valence-corrected chi connectivity index (χ1v) is 8.43. The normalized spacial score (nSPS) is 14.7. The van der Waals surface area contributed by atoms with Crippen LogP contribution in [0.2, 0.25) is 0 Å². The van der Waals surface area contributed by atoms with E-state index in [0.29, 0.717) is 5.75 Å². The van der Waals surface area contributed by atoms with E-state index in [4.69, 9.17) is 0 Å². The minimum atomic E-state index is 0.238. The number of hydrogen-bond acceptors (Lipinski definition) is 2. The summed E-state index contributed by atoms with van der Waals surface area (Å²) in [5.74, 6) is 0.809. The predicted octanol–water partition coefficient (Wildman–Crippen LogP) is 3.18. The number of carbonyl (C=O) groups excluding carboxylic acids is 1. The van der Waals surface area contributed by atoms with Gasteiger partial charge in [-0.1, -0.05) is 15.9 Å². The summed E-state index contributed by atoms with van der Waals surface area (Å²) in [6.45, 7) is 1.55. The third kappa shape index (κ3) is 2.41. The molecule has 0 saturated heterocycles. The number of rotatable bonds is 2. The molecular weight excluding hydrogens is 324 g/mol. The van der Waals surface area contributed by atoms with Gasteiger partial charge in [-0.2, -0.15) is 11.8 Å². The molecule has 0 fully saturated rings. The number of aromatic amines is 1. The molecule has 1 amide bonds. The highest BCUT2D eigenvalue weighted by molar-refractivity contribution is 9.10. The van der Waals surface area contributed by atoms with Gasteiger partial charge in [-0.15, -0.1) is 0 Å². The Kier molecular flexibility index (Phi) is 3.58. The van der Waals surface area contributed by atoms with Crippen molar-refractivity contribution < 1.29 is 4.79 Å². The Morgan fingerprint density at radius 2 is 2.37 bits per heavy atom. The third-order valence-electron chi connectivity index (χ3n) is 3.56. The van der Waals surface area contributed by atoms with Gasteiger partial charge in [-0.05, 0) is 24.5 Å². The van der Waals surface area contributed by atoms with E-state index in [2.05, 4.69) is 33.0 Å². The second kappa shape index (κ2) is 5.21. The number of hydrogen-bond donors (Lipinski definition) is 1. The zero-order valence-corrected chi connectivity index (χ0v) is 13.1. The molecule has 2 heterocycles. The maximum absolute atomic E-state index is 12.0. The lowest BCUT2D eigenvalue weighted by molar-refractivity contribution is -0.129. The number of H-pyrrole nitrogens is 1. The number of amides is 1. The second-order valence-corrected chi connectivity index (χ2v) is 6.55. The number of thioether (sulfide) groups is 1. The number of aromatic nitrogens is 1. The van der Waals surface area contributed by atoms with Crippen LogP contribution in [0.25, 0.3) is 10.9 Å². The van der Waals surface area contributed by atoms with Crippen molar-refractivity contribution in [1.29, 1.82) is 0 Å². The molecule has 3 nitrogen and oxygen atoms in total. The molecule has 0 bridgehead atoms. The van der Waals surface area contributed by atoms with E-state index in [1.54, 1.807) is 11.8 Å². The molecule has 0 atom stereocenters. The first-order valence-electron chi connectivity index (χ1n) is 6.24. The van der Waals surface area contributed by atoms with Crippen molar-refractivity contribution in [3.8, 4) is 0 Å². The lowest BCUT2D eigenvalue weighted by Gasteiger charge is -2.27. The van der Waals surface area contributed by atoms with Crippen molar-refractivity contribution in [2.24, 2.45) is 0 Å². The third-order valence-corrected chi connectivity index (χ3v) is 4.59. The fourth-order valence-corrected chi connectivity index (χ4v) is 3.40. The predicted molar refractivity (Wildman–Crippen MR) is 83.5 cm³/mol. The van der Waals surface area contributed by atoms with E-state index in [0.717, 1.165) is 29.5 Å². The van der Waals surface area contributed by atoms with Gasteiger partial charge in [0, 0.05) is 46.1 Å². The van der Waals surface area contributed by atoms with Gasteiger partial charge in [-0.3, -0.25) is 4.79 Å². The molecule has 1 aliphatic heterocycles. The van der Waals surface area contributed by atoms with E-state index < -0.39 is 0 Å². The smallest absolute Gasteiger partial charge is 0.232 e. The molecule has 0 aliphatic carbocycles. The van der Waals surface area contributed by atoms with Crippen molar-refractivity contribution in [1.82, 2.24) is 9.88 Å². The van der Waals surface area contributed by atoms with Gasteiger partial charge in [0.1, 0.15) is 0 Å². The molecule has 0 spiro atoms. The van der Waals surface area contributed by atoms with Crippen molar-refractivity contribution in [3.05, 3.63) is 33.9 Å². The number of carbonyl (C=O) groups is 1. The van der Waals surface area contributed by atoms with Crippen LogP contribution in [0, 0.1) is 0 Å². The minimum absolute atomic E-state index is 0.238. The highest BCUT2D eigenvalue weighted by atomic mass is 79.9. The Morgan fingerprint density at radius 3 is 3.16 bits per heavy atom. The fraction of sp³-hybridized carbons (Fsp3) is 0.357. The SMILES string of the molecule is CSCC(=O)N1CCc2[nH]c3ccc(Br)cc3c2C1. The summed E-state index contributed by atoms with van der Waals surface area (Å²) in [5, 5.41) is 1.23. The van der Waals surface area contributed by atoms with E-state index >= 15 is 0 Å². The monoisotopic (exact) mass is 338 g/mol. The average molecular weight is 339 g/mol. The van der Waals surface area contributed by atoms with E-state index in [9.17, 15) is 4.79 Å². The van der Waals surface area contributed by atoms with Gasteiger partial charge in [0.15, 0.2) is 0 Å². The van der Waals surface area contributed by atoms with E-state index in [-0.39, 0.29) is 5.91 Å². The van der Waals surface area contributed by atoms with Crippen LogP contribution in [0.3, 0.4) is 0 Å². The minimum Gasteiger partial charge on any atom is -0.358 e. The van der Waals surface area contributed by atoms with Gasteiger partial charge < -0.3 is 9.88 Å². The molecule has 0 saturated carbocycles. The largest absolute Gasteiger partial charge is 0.358 e. The van der Waals surface area contributed by atoms with Crippen molar-refractivity contribution in [2.45, 2.75) is 13.0 Å². The average Bonchev–Trinajstić information content (AvgIpc) is 2.76. The first-order chi connectivity index (χ1) is 9.19. The van der Waals surface area contributed by atoms with Crippen LogP contribution in [0.15, 0.2) is 22.7 Å². The van der Waals surface area contributed by atoms with E-state index in [1.165, 1.54) is 16.6 Å². The first kappa shape index (κ1) is 13.1. The van der Waals surface area contributed by atoms with Crippen LogP contribution >= 0.6 is 27.7 Å². The zero-order valence-electron chi connectivity index (χ0n) is 10.7. The summed E-state index contributed by atoms with van der Waals surface area (Å²) >= 11 is 5.10. The highest BCUT2D eigenvalue weighted by Crippen LogP contribution is 2.29. The maximum atomic E-state index is 12.0. The molecular formula is C14H15BrN2OS. The van der Waals surface area contributed by atoms with Gasteiger partial charge in [0.2, 0.25) is 5.91 Å². The Bertz CT molecular complexity index is 638. The lowest BCUT2D eigenvalue weighted by atomic mass is 10.0. The van der Waals surface area contributed by atoms with Crippen LogP contribution in [-0.4, -0.2) is 34.3 Å². The van der Waals surface area contributed by atoms with Gasteiger partial charge >= 0.3 is 0 Å². The summed E-state index contributed by atoms with van der Waals surface area (Å²) < 4.78 is 1.08. The number of nitrogens with one attached hydrogen (secondary N) is 1. The molecule has 100 valence electrons. The quantitative estimate of drug-likeness (QED) is 0.912. The topological polar surface area (TPSA) is 36.1 Å². The molecule has 5 heteroatoms. The molecule has 2 aromatic rings. The number of benzene rings is 1. The molecule has 0 unspecified atom stereocenters. The molecule has 1 N–H and O–H groups in total.